The fourth-order valence-electron chi connectivity index (χ4n) is 2.08. The Balaban J connectivity index is 1.98. The second kappa shape index (κ2) is 9.03. The first-order chi connectivity index (χ1) is 12.0. The van der Waals surface area contributed by atoms with Crippen molar-refractivity contribution in [3.8, 4) is 0 Å². The number of hydrazone groups is 1. The van der Waals surface area contributed by atoms with Gasteiger partial charge in [0.2, 0.25) is 5.91 Å². The molecule has 2 rings (SSSR count). The lowest BCUT2D eigenvalue weighted by Gasteiger charge is -2.10. The minimum atomic E-state index is -0.260. The zero-order valence-corrected chi connectivity index (χ0v) is 15.3. The molecule has 0 fully saturated rings. The van der Waals surface area contributed by atoms with Crippen molar-refractivity contribution in [2.75, 3.05) is 5.32 Å². The predicted octanol–water partition coefficient (Wildman–Crippen LogP) is 3.67. The van der Waals surface area contributed by atoms with Gasteiger partial charge in [0.15, 0.2) is 0 Å². The van der Waals surface area contributed by atoms with Crippen LogP contribution in [0.2, 0.25) is 0 Å². The molecule has 5 nitrogen and oxygen atoms in total. The highest BCUT2D eigenvalue weighted by Crippen LogP contribution is 2.22. The maximum Gasteiger partial charge on any atom is 0.253 e. The Morgan fingerprint density at radius 2 is 1.76 bits per heavy atom. The second-order valence-electron chi connectivity index (χ2n) is 5.51. The molecule has 2 aromatic carbocycles. The third-order valence-electron chi connectivity index (χ3n) is 3.36. The van der Waals surface area contributed by atoms with Crippen molar-refractivity contribution in [3.63, 3.8) is 0 Å². The molecule has 0 aliphatic heterocycles. The summed E-state index contributed by atoms with van der Waals surface area (Å²) in [6.07, 6.45) is 0. The largest absolute Gasteiger partial charge is 0.326 e. The van der Waals surface area contributed by atoms with E-state index in [1.807, 2.05) is 62.4 Å². The third kappa shape index (κ3) is 6.08. The summed E-state index contributed by atoms with van der Waals surface area (Å²) < 4.78 is 0. The van der Waals surface area contributed by atoms with Crippen molar-refractivity contribution >= 4 is 35.0 Å². The van der Waals surface area contributed by atoms with E-state index in [0.29, 0.717) is 11.4 Å². The molecule has 25 heavy (non-hydrogen) atoms. The van der Waals surface area contributed by atoms with Crippen LogP contribution in [0.25, 0.3) is 0 Å². The van der Waals surface area contributed by atoms with Gasteiger partial charge in [0.25, 0.3) is 5.91 Å². The standard InChI is InChI=1S/C19H21N3O2S/c1-13(16-8-7-9-17(12-16)20-15(3)23)21-22-19(24)14(2)25-18-10-5-4-6-11-18/h4-12,14H,1-3H3,(H,20,23)(H,22,24)/t14-/m1/s1. The lowest BCUT2D eigenvalue weighted by molar-refractivity contribution is -0.120. The number of carbonyl (C=O) groups excluding carboxylic acids is 2. The van der Waals surface area contributed by atoms with E-state index < -0.39 is 0 Å². The molecule has 0 saturated carbocycles. The molecule has 0 unspecified atom stereocenters. The molecule has 0 spiro atoms. The van der Waals surface area contributed by atoms with Crippen LogP contribution in [-0.4, -0.2) is 22.8 Å². The van der Waals surface area contributed by atoms with Crippen molar-refractivity contribution in [1.29, 1.82) is 0 Å². The molecule has 0 saturated heterocycles. The predicted molar refractivity (Wildman–Crippen MR) is 103 cm³/mol. The quantitative estimate of drug-likeness (QED) is 0.472. The van der Waals surface area contributed by atoms with E-state index in [1.54, 1.807) is 6.07 Å². The molecule has 2 N–H and O–H groups in total. The molecule has 6 heteroatoms. The number of benzene rings is 2. The molecule has 0 aliphatic carbocycles. The lowest BCUT2D eigenvalue weighted by atomic mass is 10.1. The smallest absolute Gasteiger partial charge is 0.253 e. The molecule has 0 bridgehead atoms. The van der Waals surface area contributed by atoms with Crippen LogP contribution in [0.15, 0.2) is 64.6 Å². The zero-order chi connectivity index (χ0) is 18.2. The molecule has 0 aliphatic rings. The van der Waals surface area contributed by atoms with Crippen LogP contribution in [0.4, 0.5) is 5.69 Å². The molecule has 2 amide bonds. The molecule has 0 radical (unpaired) electrons. The van der Waals surface area contributed by atoms with E-state index >= 15 is 0 Å². The molecule has 1 atom stereocenters. The third-order valence-corrected chi connectivity index (χ3v) is 4.47. The fourth-order valence-corrected chi connectivity index (χ4v) is 2.96. The van der Waals surface area contributed by atoms with Crippen LogP contribution in [0.3, 0.4) is 0 Å². The van der Waals surface area contributed by atoms with Gasteiger partial charge in [-0.3, -0.25) is 9.59 Å². The molecule has 0 heterocycles. The average Bonchev–Trinajstić information content (AvgIpc) is 2.59. The van der Waals surface area contributed by atoms with Gasteiger partial charge in [0, 0.05) is 17.5 Å². The normalized spacial score (nSPS) is 12.4. The van der Waals surface area contributed by atoms with Gasteiger partial charge in [-0.05, 0) is 43.7 Å². The number of carbonyl (C=O) groups is 2. The van der Waals surface area contributed by atoms with E-state index in [-0.39, 0.29) is 17.1 Å². The highest BCUT2D eigenvalue weighted by atomic mass is 32.2. The maximum absolute atomic E-state index is 12.2. The highest BCUT2D eigenvalue weighted by molar-refractivity contribution is 8.00. The van der Waals surface area contributed by atoms with E-state index in [1.165, 1.54) is 18.7 Å². The second-order valence-corrected chi connectivity index (χ2v) is 6.92. The van der Waals surface area contributed by atoms with E-state index in [0.717, 1.165) is 10.5 Å². The molecule has 0 aromatic heterocycles. The topological polar surface area (TPSA) is 70.6 Å². The number of amides is 2. The first-order valence-corrected chi connectivity index (χ1v) is 8.77. The first kappa shape index (κ1) is 18.7. The van der Waals surface area contributed by atoms with Crippen molar-refractivity contribution < 1.29 is 9.59 Å². The Bertz CT molecular complexity index is 775. The number of hydrogen-bond acceptors (Lipinski definition) is 4. The van der Waals surface area contributed by atoms with Crippen molar-refractivity contribution in [3.05, 3.63) is 60.2 Å². The summed E-state index contributed by atoms with van der Waals surface area (Å²) in [6.45, 7) is 5.11. The van der Waals surface area contributed by atoms with Crippen LogP contribution in [0, 0.1) is 0 Å². The van der Waals surface area contributed by atoms with Crippen LogP contribution in [-0.2, 0) is 9.59 Å². The Morgan fingerprint density at radius 1 is 1.04 bits per heavy atom. The van der Waals surface area contributed by atoms with Crippen LogP contribution < -0.4 is 10.7 Å². The van der Waals surface area contributed by atoms with E-state index in [9.17, 15) is 9.59 Å². The summed E-state index contributed by atoms with van der Waals surface area (Å²) in [7, 11) is 0. The summed E-state index contributed by atoms with van der Waals surface area (Å²) >= 11 is 1.48. The highest BCUT2D eigenvalue weighted by Gasteiger charge is 2.13. The molecule has 2 aromatic rings. The van der Waals surface area contributed by atoms with Gasteiger partial charge in [0.05, 0.1) is 11.0 Å². The van der Waals surface area contributed by atoms with Gasteiger partial charge in [-0.1, -0.05) is 30.3 Å². The lowest BCUT2D eigenvalue weighted by Crippen LogP contribution is -2.27. The molecule has 130 valence electrons. The van der Waals surface area contributed by atoms with Gasteiger partial charge < -0.3 is 5.32 Å². The van der Waals surface area contributed by atoms with E-state index in [4.69, 9.17) is 0 Å². The summed E-state index contributed by atoms with van der Waals surface area (Å²) in [5, 5.41) is 6.63. The van der Waals surface area contributed by atoms with Crippen molar-refractivity contribution in [2.45, 2.75) is 30.9 Å². The Labute approximate surface area is 151 Å². The van der Waals surface area contributed by atoms with Crippen LogP contribution in [0.1, 0.15) is 26.3 Å². The summed E-state index contributed by atoms with van der Waals surface area (Å²) in [5.74, 6) is -0.293. The number of hydrogen-bond donors (Lipinski definition) is 2. The Hall–Kier alpha value is -2.60. The number of rotatable bonds is 6. The minimum absolute atomic E-state index is 0.133. The van der Waals surface area contributed by atoms with Gasteiger partial charge in [-0.2, -0.15) is 5.10 Å². The van der Waals surface area contributed by atoms with Crippen LogP contribution >= 0.6 is 11.8 Å². The van der Waals surface area contributed by atoms with Gasteiger partial charge >= 0.3 is 0 Å². The van der Waals surface area contributed by atoms with Gasteiger partial charge in [-0.15, -0.1) is 11.8 Å². The molecular weight excluding hydrogens is 334 g/mol. The van der Waals surface area contributed by atoms with E-state index in [2.05, 4.69) is 15.8 Å². The number of anilines is 1. The number of nitrogens with one attached hydrogen (secondary N) is 2. The van der Waals surface area contributed by atoms with Crippen molar-refractivity contribution in [1.82, 2.24) is 5.43 Å². The monoisotopic (exact) mass is 355 g/mol. The Morgan fingerprint density at radius 3 is 2.44 bits per heavy atom. The zero-order valence-electron chi connectivity index (χ0n) is 14.4. The summed E-state index contributed by atoms with van der Waals surface area (Å²) in [6, 6.07) is 17.1. The molecular formula is C19H21N3O2S. The minimum Gasteiger partial charge on any atom is -0.326 e. The summed E-state index contributed by atoms with van der Waals surface area (Å²) in [5.41, 5.74) is 4.79. The number of thioether (sulfide) groups is 1. The average molecular weight is 355 g/mol. The fraction of sp³-hybridized carbons (Fsp3) is 0.211. The van der Waals surface area contributed by atoms with Crippen molar-refractivity contribution in [2.24, 2.45) is 5.10 Å². The van der Waals surface area contributed by atoms with Gasteiger partial charge in [-0.25, -0.2) is 5.43 Å². The SMILES string of the molecule is CC(=O)Nc1cccc(C(C)=NNC(=O)[C@@H](C)Sc2ccccc2)c1. The Kier molecular flexibility index (Phi) is 6.77. The maximum atomic E-state index is 12.2. The van der Waals surface area contributed by atoms with Crippen LogP contribution in [0.5, 0.6) is 0 Å². The summed E-state index contributed by atoms with van der Waals surface area (Å²) in [4.78, 5) is 24.4. The van der Waals surface area contributed by atoms with Gasteiger partial charge in [0.1, 0.15) is 0 Å². The first-order valence-electron chi connectivity index (χ1n) is 7.89. The number of nitrogens with zero attached hydrogens (tertiary/aromatic N) is 1.